The summed E-state index contributed by atoms with van der Waals surface area (Å²) in [5.41, 5.74) is 0. The molecule has 0 amide bonds. The van der Waals surface area contributed by atoms with Crippen LogP contribution in [-0.2, 0) is 10.8 Å². The molecule has 0 aliphatic carbocycles. The van der Waals surface area contributed by atoms with E-state index < -0.39 is 16.8 Å². The second kappa shape index (κ2) is 5.73. The smallest absolute Gasteiger partial charge is 0.165 e. The highest BCUT2D eigenvalue weighted by Gasteiger charge is 1.93. The van der Waals surface area contributed by atoms with Crippen LogP contribution >= 0.6 is 0 Å². The number of nitrogens with one attached hydrogen (secondary N) is 1. The molecule has 0 heterocycles. The van der Waals surface area contributed by atoms with Crippen LogP contribution in [0.3, 0.4) is 0 Å². The van der Waals surface area contributed by atoms with Crippen LogP contribution in [-0.4, -0.2) is 22.6 Å². The van der Waals surface area contributed by atoms with Crippen molar-refractivity contribution in [1.29, 1.82) is 0 Å². The third kappa shape index (κ3) is 5.47. The van der Waals surface area contributed by atoms with Crippen LogP contribution in [0.2, 0.25) is 0 Å². The lowest BCUT2D eigenvalue weighted by atomic mass is 10.7. The topological polar surface area (TPSA) is 29.1 Å². The van der Waals surface area contributed by atoms with Gasteiger partial charge < -0.3 is 0 Å². The van der Waals surface area contributed by atoms with Crippen molar-refractivity contribution in [3.8, 4) is 12.3 Å². The van der Waals surface area contributed by atoms with Gasteiger partial charge in [-0.05, 0) is 0 Å². The van der Waals surface area contributed by atoms with Crippen molar-refractivity contribution in [3.63, 3.8) is 0 Å². The zero-order valence-corrected chi connectivity index (χ0v) is 5.71. The fourth-order valence-corrected chi connectivity index (χ4v) is 0.682. The van der Waals surface area contributed by atoms with E-state index in [4.69, 9.17) is 6.42 Å². The summed E-state index contributed by atoms with van der Waals surface area (Å²) in [6.07, 6.45) is 4.85. The molecule has 2 nitrogen and oxygen atoms in total. The molecule has 1 atom stereocenters. The van der Waals surface area contributed by atoms with Gasteiger partial charge in [-0.1, -0.05) is 5.92 Å². The first-order valence-electron chi connectivity index (χ1n) is 2.36. The normalized spacial score (nSPS) is 12.4. The molecule has 0 saturated carbocycles. The molecule has 0 bridgehead atoms. The summed E-state index contributed by atoms with van der Waals surface area (Å²) >= 11 is 0. The molecule has 4 heteroatoms. The number of rotatable bonds is 4. The van der Waals surface area contributed by atoms with Crippen LogP contribution in [0.15, 0.2) is 0 Å². The van der Waals surface area contributed by atoms with E-state index in [-0.39, 0.29) is 5.88 Å². The van der Waals surface area contributed by atoms with Gasteiger partial charge in [-0.15, -0.1) is 6.42 Å². The van der Waals surface area contributed by atoms with E-state index in [1.807, 2.05) is 0 Å². The van der Waals surface area contributed by atoms with Gasteiger partial charge in [0.1, 0.15) is 0 Å². The number of alkyl halides is 1. The summed E-state index contributed by atoms with van der Waals surface area (Å²) < 4.78 is 21.7. The van der Waals surface area contributed by atoms with Gasteiger partial charge in [0.25, 0.3) is 0 Å². The molecule has 0 fully saturated rings. The van der Waals surface area contributed by atoms with E-state index in [0.717, 1.165) is 0 Å². The Bertz CT molecular complexity index is 131. The van der Waals surface area contributed by atoms with Gasteiger partial charge in [-0.2, -0.15) is 0 Å². The van der Waals surface area contributed by atoms with Gasteiger partial charge in [-0.25, -0.2) is 4.39 Å². The molecule has 0 aromatic rings. The fourth-order valence-electron chi connectivity index (χ4n) is 0.276. The van der Waals surface area contributed by atoms with Crippen molar-refractivity contribution < 1.29 is 8.60 Å². The highest BCUT2D eigenvalue weighted by atomic mass is 32.2. The Morgan fingerprint density at radius 2 is 2.44 bits per heavy atom. The predicted octanol–water partition coefficient (Wildman–Crippen LogP) is -0.158. The maximum atomic E-state index is 11.4. The van der Waals surface area contributed by atoms with Gasteiger partial charge in [0, 0.05) is 0 Å². The number of halogens is 1. The van der Waals surface area contributed by atoms with E-state index in [2.05, 4.69) is 11.2 Å². The Hall–Kier alpha value is -0.400. The number of hydrogen-bond donors (Lipinski definition) is 1. The molecule has 0 aromatic heterocycles. The first kappa shape index (κ1) is 8.60. The van der Waals surface area contributed by atoms with Crippen LogP contribution in [0.1, 0.15) is 0 Å². The summed E-state index contributed by atoms with van der Waals surface area (Å²) in [7, 11) is -1.40. The summed E-state index contributed by atoms with van der Waals surface area (Å²) in [5, 5.41) is 2.61. The Morgan fingerprint density at radius 1 is 1.78 bits per heavy atom. The number of terminal acetylenes is 1. The number of hydrogen-bond acceptors (Lipinski definition) is 2. The van der Waals surface area contributed by atoms with E-state index in [1.165, 1.54) is 0 Å². The van der Waals surface area contributed by atoms with Crippen LogP contribution in [0, 0.1) is 12.3 Å². The van der Waals surface area contributed by atoms with Gasteiger partial charge in [0.05, 0.1) is 23.2 Å². The highest BCUT2D eigenvalue weighted by molar-refractivity contribution is 7.84. The highest BCUT2D eigenvalue weighted by Crippen LogP contribution is 1.77. The van der Waals surface area contributed by atoms with Crippen LogP contribution in [0.4, 0.5) is 4.39 Å². The SMILES string of the molecule is C#CCNCS(=O)CF. The molecule has 9 heavy (non-hydrogen) atoms. The molecular formula is C5H8FNOS. The molecule has 0 spiro atoms. The maximum Gasteiger partial charge on any atom is 0.165 e. The molecule has 0 aromatic carbocycles. The Balaban J connectivity index is 3.09. The zero-order chi connectivity index (χ0) is 7.11. The van der Waals surface area contributed by atoms with Crippen LogP contribution in [0.5, 0.6) is 0 Å². The van der Waals surface area contributed by atoms with Crippen LogP contribution < -0.4 is 5.32 Å². The zero-order valence-electron chi connectivity index (χ0n) is 4.89. The van der Waals surface area contributed by atoms with Crippen molar-refractivity contribution in [2.75, 3.05) is 18.4 Å². The average Bonchev–Trinajstić information content (AvgIpc) is 1.89. The van der Waals surface area contributed by atoms with Gasteiger partial charge in [-0.3, -0.25) is 9.53 Å². The van der Waals surface area contributed by atoms with E-state index in [9.17, 15) is 8.60 Å². The summed E-state index contributed by atoms with van der Waals surface area (Å²) in [6.45, 7) is 0.339. The molecule has 0 radical (unpaired) electrons. The lowest BCUT2D eigenvalue weighted by Gasteiger charge is -1.94. The minimum Gasteiger partial charge on any atom is -0.295 e. The van der Waals surface area contributed by atoms with Gasteiger partial charge in [0.15, 0.2) is 6.01 Å². The average molecular weight is 149 g/mol. The summed E-state index contributed by atoms with van der Waals surface area (Å²) in [6, 6.07) is -0.808. The first-order chi connectivity index (χ1) is 4.31. The molecule has 0 aliphatic rings. The van der Waals surface area contributed by atoms with Gasteiger partial charge in [0.2, 0.25) is 0 Å². The Morgan fingerprint density at radius 3 is 2.89 bits per heavy atom. The summed E-state index contributed by atoms with van der Waals surface area (Å²) in [4.78, 5) is 0. The second-order valence-electron chi connectivity index (χ2n) is 1.32. The Kier molecular flexibility index (Phi) is 5.48. The van der Waals surface area contributed by atoms with Crippen LogP contribution in [0.25, 0.3) is 0 Å². The monoisotopic (exact) mass is 149 g/mol. The van der Waals surface area contributed by atoms with E-state index in [1.54, 1.807) is 0 Å². The Labute approximate surface area is 56.3 Å². The molecule has 1 N–H and O–H groups in total. The van der Waals surface area contributed by atoms with Crippen molar-refractivity contribution in [2.24, 2.45) is 0 Å². The van der Waals surface area contributed by atoms with Crippen molar-refractivity contribution in [3.05, 3.63) is 0 Å². The summed E-state index contributed by atoms with van der Waals surface area (Å²) in [5.74, 6) is 2.42. The standard InChI is InChI=1S/C5H8FNOS/c1-2-3-7-5-9(8)4-6/h1,7H,3-5H2. The molecule has 1 unspecified atom stereocenters. The molecule has 0 rings (SSSR count). The molecule has 52 valence electrons. The third-order valence-corrected chi connectivity index (χ3v) is 1.38. The maximum absolute atomic E-state index is 11.4. The quantitative estimate of drug-likeness (QED) is 0.444. The predicted molar refractivity (Wildman–Crippen MR) is 35.8 cm³/mol. The first-order valence-corrected chi connectivity index (χ1v) is 3.85. The fraction of sp³-hybridized carbons (Fsp3) is 0.600. The van der Waals surface area contributed by atoms with Crippen molar-refractivity contribution in [2.45, 2.75) is 0 Å². The minimum absolute atomic E-state index is 0.140. The van der Waals surface area contributed by atoms with E-state index in [0.29, 0.717) is 6.54 Å². The molecular weight excluding hydrogens is 141 g/mol. The largest absolute Gasteiger partial charge is 0.295 e. The van der Waals surface area contributed by atoms with Gasteiger partial charge >= 0.3 is 0 Å². The third-order valence-electron chi connectivity index (χ3n) is 0.612. The van der Waals surface area contributed by atoms with E-state index >= 15 is 0 Å². The second-order valence-corrected chi connectivity index (χ2v) is 2.71. The van der Waals surface area contributed by atoms with Crippen molar-refractivity contribution in [1.82, 2.24) is 5.32 Å². The lowest BCUT2D eigenvalue weighted by molar-refractivity contribution is 0.578. The minimum atomic E-state index is -1.40. The lowest BCUT2D eigenvalue weighted by Crippen LogP contribution is -2.19. The molecule has 0 aliphatic heterocycles. The molecule has 0 saturated heterocycles. The van der Waals surface area contributed by atoms with Crippen molar-refractivity contribution >= 4 is 10.8 Å².